The normalized spacial score (nSPS) is 11.0. The van der Waals surface area contributed by atoms with E-state index in [0.717, 1.165) is 24.2 Å². The molecule has 0 saturated heterocycles. The Bertz CT molecular complexity index is 371. The minimum atomic E-state index is -2.38. The van der Waals surface area contributed by atoms with Crippen LogP contribution in [0.1, 0.15) is 24.6 Å². The molecule has 4 nitrogen and oxygen atoms in total. The number of hydrogen-bond acceptors (Lipinski definition) is 4. The summed E-state index contributed by atoms with van der Waals surface area (Å²) in [6.45, 7) is 5.25. The van der Waals surface area contributed by atoms with Crippen LogP contribution < -0.4 is 10.2 Å². The van der Waals surface area contributed by atoms with E-state index < -0.39 is 6.43 Å². The van der Waals surface area contributed by atoms with E-state index in [1.54, 1.807) is 13.2 Å². The molecule has 1 aromatic rings. The van der Waals surface area contributed by atoms with Crippen LogP contribution in [-0.4, -0.2) is 36.5 Å². The number of nitrogens with one attached hydrogen (secondary N) is 1. The fraction of sp³-hybridized carbons (Fsp3) is 0.667. The Balaban J connectivity index is 2.66. The van der Waals surface area contributed by atoms with Gasteiger partial charge in [-0.25, -0.2) is 18.7 Å². The van der Waals surface area contributed by atoms with Crippen molar-refractivity contribution < 1.29 is 8.78 Å². The van der Waals surface area contributed by atoms with E-state index in [-0.39, 0.29) is 6.54 Å². The van der Waals surface area contributed by atoms with Gasteiger partial charge in [-0.2, -0.15) is 0 Å². The zero-order valence-electron chi connectivity index (χ0n) is 11.1. The lowest BCUT2D eigenvalue weighted by molar-refractivity contribution is 0.156. The zero-order valence-corrected chi connectivity index (χ0v) is 11.1. The van der Waals surface area contributed by atoms with Crippen LogP contribution >= 0.6 is 0 Å². The molecule has 0 aliphatic heterocycles. The molecule has 0 unspecified atom stereocenters. The highest BCUT2D eigenvalue weighted by atomic mass is 19.3. The first-order valence-corrected chi connectivity index (χ1v) is 6.07. The summed E-state index contributed by atoms with van der Waals surface area (Å²) in [5, 5.41) is 3.26. The number of rotatable bonds is 7. The molecule has 0 saturated carbocycles. The van der Waals surface area contributed by atoms with Crippen LogP contribution in [0, 0.1) is 6.92 Å². The van der Waals surface area contributed by atoms with Gasteiger partial charge in [0.05, 0.1) is 6.54 Å². The highest BCUT2D eigenvalue weighted by Crippen LogP contribution is 2.11. The maximum Gasteiger partial charge on any atom is 0.255 e. The summed E-state index contributed by atoms with van der Waals surface area (Å²) in [6, 6.07) is 0. The van der Waals surface area contributed by atoms with Crippen molar-refractivity contribution in [3.63, 3.8) is 0 Å². The summed E-state index contributed by atoms with van der Waals surface area (Å²) in [6.07, 6.45) is 0.377. The van der Waals surface area contributed by atoms with Crippen molar-refractivity contribution in [3.8, 4) is 0 Å². The summed E-state index contributed by atoms with van der Waals surface area (Å²) in [5.41, 5.74) is 1.82. The second-order valence-electron chi connectivity index (χ2n) is 4.23. The predicted octanol–water partition coefficient (Wildman–Crippen LogP) is 1.99. The van der Waals surface area contributed by atoms with E-state index >= 15 is 0 Å². The summed E-state index contributed by atoms with van der Waals surface area (Å²) in [7, 11) is 1.57. The van der Waals surface area contributed by atoms with Crippen LogP contribution in [0.15, 0.2) is 6.20 Å². The Morgan fingerprint density at radius 1 is 1.44 bits per heavy atom. The molecule has 6 heteroatoms. The zero-order chi connectivity index (χ0) is 13.5. The molecular formula is C12H20F2N4. The van der Waals surface area contributed by atoms with Gasteiger partial charge < -0.3 is 10.2 Å². The van der Waals surface area contributed by atoms with Crippen LogP contribution in [0.5, 0.6) is 0 Å². The summed E-state index contributed by atoms with van der Waals surface area (Å²) in [4.78, 5) is 9.72. The molecule has 0 aliphatic rings. The molecule has 18 heavy (non-hydrogen) atoms. The van der Waals surface area contributed by atoms with Crippen LogP contribution in [-0.2, 0) is 6.54 Å². The number of anilines is 1. The van der Waals surface area contributed by atoms with Crippen LogP contribution in [0.25, 0.3) is 0 Å². The Labute approximate surface area is 106 Å². The highest BCUT2D eigenvalue weighted by molar-refractivity contribution is 5.31. The van der Waals surface area contributed by atoms with E-state index in [9.17, 15) is 8.78 Å². The average molecular weight is 258 g/mol. The Kier molecular flexibility index (Phi) is 5.91. The summed E-state index contributed by atoms with van der Waals surface area (Å²) < 4.78 is 24.5. The van der Waals surface area contributed by atoms with Gasteiger partial charge in [0.1, 0.15) is 0 Å². The number of alkyl halides is 2. The molecule has 0 spiro atoms. The summed E-state index contributed by atoms with van der Waals surface area (Å²) >= 11 is 0. The molecule has 0 aliphatic carbocycles. The first kappa shape index (κ1) is 14.8. The van der Waals surface area contributed by atoms with Crippen molar-refractivity contribution in [2.24, 2.45) is 0 Å². The van der Waals surface area contributed by atoms with Crippen molar-refractivity contribution in [3.05, 3.63) is 17.5 Å². The lowest BCUT2D eigenvalue weighted by atomic mass is 10.2. The Morgan fingerprint density at radius 3 is 2.72 bits per heavy atom. The van der Waals surface area contributed by atoms with Crippen molar-refractivity contribution >= 4 is 5.95 Å². The number of halogens is 2. The number of aromatic nitrogens is 2. The van der Waals surface area contributed by atoms with Crippen molar-refractivity contribution in [1.82, 2.24) is 15.3 Å². The highest BCUT2D eigenvalue weighted by Gasteiger charge is 2.12. The molecule has 0 radical (unpaired) electrons. The number of hydrogen-bond donors (Lipinski definition) is 1. The minimum Gasteiger partial charge on any atom is -0.338 e. The molecule has 102 valence electrons. The minimum absolute atomic E-state index is 0.340. The van der Waals surface area contributed by atoms with Gasteiger partial charge in [-0.1, -0.05) is 6.92 Å². The van der Waals surface area contributed by atoms with Gasteiger partial charge in [0.2, 0.25) is 5.95 Å². The Hall–Kier alpha value is -1.30. The maximum atomic E-state index is 12.2. The number of nitrogens with zero attached hydrogens (tertiary/aromatic N) is 3. The molecule has 0 amide bonds. The van der Waals surface area contributed by atoms with Crippen molar-refractivity contribution in [1.29, 1.82) is 0 Å². The lowest BCUT2D eigenvalue weighted by Gasteiger charge is -2.17. The van der Waals surface area contributed by atoms with Gasteiger partial charge in [0, 0.05) is 31.0 Å². The van der Waals surface area contributed by atoms with Gasteiger partial charge in [-0.15, -0.1) is 0 Å². The van der Waals surface area contributed by atoms with Gasteiger partial charge in [-0.05, 0) is 19.9 Å². The third-order valence-electron chi connectivity index (χ3n) is 2.56. The first-order chi connectivity index (χ1) is 8.54. The van der Waals surface area contributed by atoms with E-state index in [0.29, 0.717) is 12.5 Å². The van der Waals surface area contributed by atoms with Gasteiger partial charge in [-0.3, -0.25) is 0 Å². The first-order valence-electron chi connectivity index (χ1n) is 6.07. The molecule has 1 heterocycles. The van der Waals surface area contributed by atoms with Crippen molar-refractivity contribution in [2.45, 2.75) is 33.2 Å². The average Bonchev–Trinajstić information content (AvgIpc) is 2.30. The van der Waals surface area contributed by atoms with Gasteiger partial charge >= 0.3 is 0 Å². The fourth-order valence-electron chi connectivity index (χ4n) is 1.53. The molecule has 1 N–H and O–H groups in total. The topological polar surface area (TPSA) is 41.1 Å². The molecule has 0 atom stereocenters. The van der Waals surface area contributed by atoms with Gasteiger partial charge in [0.15, 0.2) is 0 Å². The molecule has 1 rings (SSSR count). The molecule has 0 aromatic carbocycles. The lowest BCUT2D eigenvalue weighted by Crippen LogP contribution is -2.26. The molecule has 0 fully saturated rings. The fourth-order valence-corrected chi connectivity index (χ4v) is 1.53. The molecule has 1 aromatic heterocycles. The van der Waals surface area contributed by atoms with Crippen LogP contribution in [0.3, 0.4) is 0 Å². The third kappa shape index (κ3) is 4.52. The van der Waals surface area contributed by atoms with E-state index in [2.05, 4.69) is 22.2 Å². The van der Waals surface area contributed by atoms with E-state index in [4.69, 9.17) is 0 Å². The molecule has 0 bridgehead atoms. The van der Waals surface area contributed by atoms with Gasteiger partial charge in [0.25, 0.3) is 6.43 Å². The maximum absolute atomic E-state index is 12.2. The number of aryl methyl sites for hydroxylation is 1. The second kappa shape index (κ2) is 7.20. The monoisotopic (exact) mass is 258 g/mol. The van der Waals surface area contributed by atoms with Crippen molar-refractivity contribution in [2.75, 3.05) is 25.0 Å². The molecular weight excluding hydrogens is 238 g/mol. The second-order valence-corrected chi connectivity index (χ2v) is 4.23. The summed E-state index contributed by atoms with van der Waals surface area (Å²) in [5.74, 6) is 0.340. The van der Waals surface area contributed by atoms with Crippen LogP contribution in [0.4, 0.5) is 14.7 Å². The smallest absolute Gasteiger partial charge is 0.255 e. The quantitative estimate of drug-likeness (QED) is 0.759. The predicted molar refractivity (Wildman–Crippen MR) is 68.0 cm³/mol. The standard InChI is InChI=1S/C12H20F2N4/c1-4-5-15-6-10-7-16-12(17-9(10)2)18(3)8-11(13)14/h7,11,15H,4-6,8H2,1-3H3. The van der Waals surface area contributed by atoms with Crippen LogP contribution in [0.2, 0.25) is 0 Å². The van der Waals surface area contributed by atoms with E-state index in [1.165, 1.54) is 4.90 Å². The van der Waals surface area contributed by atoms with E-state index in [1.807, 2.05) is 6.92 Å². The third-order valence-corrected chi connectivity index (χ3v) is 2.56. The SMILES string of the molecule is CCCNCc1cnc(N(C)CC(F)F)nc1C. The Morgan fingerprint density at radius 2 is 2.17 bits per heavy atom. The largest absolute Gasteiger partial charge is 0.338 e.